The van der Waals surface area contributed by atoms with Gasteiger partial charge in [-0.15, -0.1) is 0 Å². The maximum absolute atomic E-state index is 3.44. The van der Waals surface area contributed by atoms with Crippen molar-refractivity contribution in [2.75, 3.05) is 5.33 Å². The van der Waals surface area contributed by atoms with Crippen LogP contribution >= 0.6 is 15.9 Å². The first-order chi connectivity index (χ1) is 6.20. The average Bonchev–Trinajstić information content (AvgIpc) is 2.14. The van der Waals surface area contributed by atoms with Crippen molar-refractivity contribution in [3.8, 4) is 0 Å². The molecule has 76 valence electrons. The standard InChI is InChI=1S/C12H21Br/c1-4-11(2)7-5-8-12(3)9-6-10-13/h4,8H,5-7,9-10H2,1-3H3/b11-4+,12-8+. The monoisotopic (exact) mass is 244 g/mol. The van der Waals surface area contributed by atoms with Crippen LogP contribution in [0.25, 0.3) is 0 Å². The van der Waals surface area contributed by atoms with Gasteiger partial charge in [0.05, 0.1) is 0 Å². The molecule has 0 bridgehead atoms. The Morgan fingerprint density at radius 1 is 1.15 bits per heavy atom. The molecule has 1 heteroatoms. The van der Waals surface area contributed by atoms with Crippen LogP contribution in [0.5, 0.6) is 0 Å². The number of hydrogen-bond donors (Lipinski definition) is 0. The molecule has 0 aliphatic carbocycles. The molecule has 0 aromatic carbocycles. The first kappa shape index (κ1) is 13.0. The number of halogens is 1. The zero-order valence-corrected chi connectivity index (χ0v) is 10.7. The lowest BCUT2D eigenvalue weighted by atomic mass is 10.1. The van der Waals surface area contributed by atoms with Gasteiger partial charge >= 0.3 is 0 Å². The molecule has 0 heterocycles. The fraction of sp³-hybridized carbons (Fsp3) is 0.667. The van der Waals surface area contributed by atoms with E-state index in [1.807, 2.05) is 0 Å². The third kappa shape index (κ3) is 8.29. The first-order valence-corrected chi connectivity index (χ1v) is 6.16. The highest BCUT2D eigenvalue weighted by Gasteiger charge is 1.90. The summed E-state index contributed by atoms with van der Waals surface area (Å²) in [4.78, 5) is 0. The molecule has 0 spiro atoms. The second kappa shape index (κ2) is 8.55. The average molecular weight is 245 g/mol. The minimum absolute atomic E-state index is 1.12. The molecule has 0 unspecified atom stereocenters. The van der Waals surface area contributed by atoms with Gasteiger partial charge in [-0.05, 0) is 46.5 Å². The summed E-state index contributed by atoms with van der Waals surface area (Å²) in [6.07, 6.45) is 9.47. The van der Waals surface area contributed by atoms with Crippen molar-refractivity contribution in [3.63, 3.8) is 0 Å². The lowest BCUT2D eigenvalue weighted by Gasteiger charge is -2.00. The lowest BCUT2D eigenvalue weighted by Crippen LogP contribution is -1.81. The van der Waals surface area contributed by atoms with Crippen molar-refractivity contribution >= 4 is 15.9 Å². The van der Waals surface area contributed by atoms with Crippen molar-refractivity contribution in [1.82, 2.24) is 0 Å². The number of alkyl halides is 1. The van der Waals surface area contributed by atoms with Crippen LogP contribution in [-0.4, -0.2) is 5.33 Å². The van der Waals surface area contributed by atoms with Crippen molar-refractivity contribution in [3.05, 3.63) is 23.3 Å². The van der Waals surface area contributed by atoms with E-state index in [1.54, 1.807) is 0 Å². The summed E-state index contributed by atoms with van der Waals surface area (Å²) in [6.45, 7) is 6.53. The molecule has 0 aromatic heterocycles. The summed E-state index contributed by atoms with van der Waals surface area (Å²) in [5.41, 5.74) is 3.02. The Morgan fingerprint density at radius 2 is 1.85 bits per heavy atom. The van der Waals surface area contributed by atoms with Crippen LogP contribution in [0, 0.1) is 0 Å². The zero-order valence-electron chi connectivity index (χ0n) is 9.07. The van der Waals surface area contributed by atoms with E-state index in [-0.39, 0.29) is 0 Å². The molecule has 0 aliphatic rings. The van der Waals surface area contributed by atoms with Crippen LogP contribution in [0.15, 0.2) is 23.3 Å². The molecule has 0 atom stereocenters. The molecule has 0 aliphatic heterocycles. The molecular formula is C12H21Br. The Kier molecular flexibility index (Phi) is 8.53. The van der Waals surface area contributed by atoms with E-state index >= 15 is 0 Å². The van der Waals surface area contributed by atoms with Crippen LogP contribution < -0.4 is 0 Å². The second-order valence-corrected chi connectivity index (χ2v) is 4.31. The molecule has 0 saturated heterocycles. The molecule has 0 nitrogen and oxygen atoms in total. The zero-order chi connectivity index (χ0) is 10.1. The highest BCUT2D eigenvalue weighted by Crippen LogP contribution is 2.10. The number of allylic oxidation sites excluding steroid dienone is 4. The summed E-state index contributed by atoms with van der Waals surface area (Å²) in [5.74, 6) is 0. The van der Waals surface area contributed by atoms with E-state index in [9.17, 15) is 0 Å². The highest BCUT2D eigenvalue weighted by atomic mass is 79.9. The van der Waals surface area contributed by atoms with Crippen LogP contribution in [0.1, 0.15) is 46.5 Å². The lowest BCUT2D eigenvalue weighted by molar-refractivity contribution is 0.892. The first-order valence-electron chi connectivity index (χ1n) is 5.04. The van der Waals surface area contributed by atoms with E-state index in [0.717, 1.165) is 5.33 Å². The van der Waals surface area contributed by atoms with Crippen LogP contribution in [0.2, 0.25) is 0 Å². The third-order valence-electron chi connectivity index (χ3n) is 2.23. The predicted molar refractivity (Wildman–Crippen MR) is 65.5 cm³/mol. The SMILES string of the molecule is C/C=C(\C)CC/C=C(\C)CCCBr. The van der Waals surface area contributed by atoms with Gasteiger partial charge in [-0.1, -0.05) is 39.2 Å². The number of hydrogen-bond acceptors (Lipinski definition) is 0. The van der Waals surface area contributed by atoms with E-state index in [1.165, 1.54) is 36.8 Å². The normalized spacial score (nSPS) is 13.5. The minimum Gasteiger partial charge on any atom is -0.0928 e. The van der Waals surface area contributed by atoms with E-state index < -0.39 is 0 Å². The van der Waals surface area contributed by atoms with Gasteiger partial charge in [-0.3, -0.25) is 0 Å². The molecule has 0 radical (unpaired) electrons. The molecule has 0 N–H and O–H groups in total. The Morgan fingerprint density at radius 3 is 2.38 bits per heavy atom. The molecule has 0 fully saturated rings. The summed E-state index contributed by atoms with van der Waals surface area (Å²) < 4.78 is 0. The summed E-state index contributed by atoms with van der Waals surface area (Å²) in [5, 5.41) is 1.12. The fourth-order valence-corrected chi connectivity index (χ4v) is 1.42. The molecule has 0 rings (SSSR count). The van der Waals surface area contributed by atoms with Gasteiger partial charge in [-0.2, -0.15) is 0 Å². The largest absolute Gasteiger partial charge is 0.0928 e. The van der Waals surface area contributed by atoms with Crippen molar-refractivity contribution in [2.24, 2.45) is 0 Å². The smallest absolute Gasteiger partial charge is 0.00343 e. The minimum atomic E-state index is 1.12. The maximum Gasteiger partial charge on any atom is 0.00343 e. The number of rotatable bonds is 6. The summed E-state index contributed by atoms with van der Waals surface area (Å²) in [6, 6.07) is 0. The molecule has 0 saturated carbocycles. The van der Waals surface area contributed by atoms with Crippen molar-refractivity contribution < 1.29 is 0 Å². The van der Waals surface area contributed by atoms with Crippen LogP contribution in [0.4, 0.5) is 0 Å². The van der Waals surface area contributed by atoms with Crippen LogP contribution in [0.3, 0.4) is 0 Å². The molecular weight excluding hydrogens is 224 g/mol. The van der Waals surface area contributed by atoms with E-state index in [4.69, 9.17) is 0 Å². The van der Waals surface area contributed by atoms with Crippen molar-refractivity contribution in [2.45, 2.75) is 46.5 Å². The van der Waals surface area contributed by atoms with Gasteiger partial charge in [0, 0.05) is 5.33 Å². The third-order valence-corrected chi connectivity index (χ3v) is 2.79. The Hall–Kier alpha value is -0.0400. The van der Waals surface area contributed by atoms with Gasteiger partial charge in [0.1, 0.15) is 0 Å². The van der Waals surface area contributed by atoms with Gasteiger partial charge < -0.3 is 0 Å². The Bertz CT molecular complexity index is 178. The van der Waals surface area contributed by atoms with Crippen molar-refractivity contribution in [1.29, 1.82) is 0 Å². The Labute approximate surface area is 91.2 Å². The topological polar surface area (TPSA) is 0 Å². The predicted octanol–water partition coefficient (Wildman–Crippen LogP) is 4.85. The van der Waals surface area contributed by atoms with Gasteiger partial charge in [-0.25, -0.2) is 0 Å². The summed E-state index contributed by atoms with van der Waals surface area (Å²) >= 11 is 3.44. The van der Waals surface area contributed by atoms with E-state index in [0.29, 0.717) is 0 Å². The molecule has 0 aromatic rings. The van der Waals surface area contributed by atoms with Crippen LogP contribution in [-0.2, 0) is 0 Å². The Balaban J connectivity index is 3.58. The van der Waals surface area contributed by atoms with Gasteiger partial charge in [0.2, 0.25) is 0 Å². The van der Waals surface area contributed by atoms with E-state index in [2.05, 4.69) is 48.9 Å². The highest BCUT2D eigenvalue weighted by molar-refractivity contribution is 9.09. The van der Waals surface area contributed by atoms with Gasteiger partial charge in [0.15, 0.2) is 0 Å². The quantitative estimate of drug-likeness (QED) is 0.463. The van der Waals surface area contributed by atoms with Gasteiger partial charge in [0.25, 0.3) is 0 Å². The maximum atomic E-state index is 3.44. The second-order valence-electron chi connectivity index (χ2n) is 3.52. The summed E-state index contributed by atoms with van der Waals surface area (Å²) in [7, 11) is 0. The molecule has 13 heavy (non-hydrogen) atoms. The molecule has 0 amide bonds. The fourth-order valence-electron chi connectivity index (χ4n) is 1.14.